The number of thioether (sulfide) groups is 1. The lowest BCUT2D eigenvalue weighted by Gasteiger charge is -2.37. The Morgan fingerprint density at radius 1 is 1.06 bits per heavy atom. The summed E-state index contributed by atoms with van der Waals surface area (Å²) in [5.41, 5.74) is 1.79. The van der Waals surface area contributed by atoms with Gasteiger partial charge in [0.15, 0.2) is 0 Å². The largest absolute Gasteiger partial charge is 0.489 e. The topological polar surface area (TPSA) is 86.3 Å². The second kappa shape index (κ2) is 8.65. The molecule has 0 unspecified atom stereocenters. The zero-order chi connectivity index (χ0) is 21.0. The lowest BCUT2D eigenvalue weighted by molar-refractivity contribution is -0.117. The first-order chi connectivity index (χ1) is 15.3. The number of amides is 1. The minimum Gasteiger partial charge on any atom is -0.489 e. The van der Waals surface area contributed by atoms with Crippen LogP contribution in [0.15, 0.2) is 82.6 Å². The Hall–Kier alpha value is -3.59. The van der Waals surface area contributed by atoms with Crippen LogP contribution in [0.5, 0.6) is 5.75 Å². The van der Waals surface area contributed by atoms with Gasteiger partial charge in [0.25, 0.3) is 0 Å². The van der Waals surface area contributed by atoms with Crippen molar-refractivity contribution in [1.29, 1.82) is 0 Å². The number of nitrogens with zero attached hydrogens (tertiary/aromatic N) is 5. The van der Waals surface area contributed by atoms with Crippen LogP contribution in [0.1, 0.15) is 17.4 Å². The monoisotopic (exact) mass is 433 g/mol. The fraction of sp³-hybridized carbons (Fsp3) is 0.182. The van der Waals surface area contributed by atoms with E-state index in [0.29, 0.717) is 24.1 Å². The van der Waals surface area contributed by atoms with E-state index in [1.807, 2.05) is 71.6 Å². The molecule has 9 heteroatoms. The van der Waals surface area contributed by atoms with Crippen molar-refractivity contribution >= 4 is 23.4 Å². The normalized spacial score (nSPS) is 15.4. The van der Waals surface area contributed by atoms with E-state index >= 15 is 0 Å². The number of tetrazole rings is 1. The van der Waals surface area contributed by atoms with Gasteiger partial charge in [0.2, 0.25) is 11.1 Å². The van der Waals surface area contributed by atoms with Gasteiger partial charge in [-0.15, -0.1) is 5.10 Å². The number of hydrogen-bond acceptors (Lipinski definition) is 7. The van der Waals surface area contributed by atoms with Crippen molar-refractivity contribution in [2.45, 2.75) is 17.7 Å². The molecule has 156 valence electrons. The predicted molar refractivity (Wildman–Crippen MR) is 115 cm³/mol. The molecule has 1 amide bonds. The van der Waals surface area contributed by atoms with Crippen molar-refractivity contribution in [2.75, 3.05) is 17.3 Å². The third-order valence-electron chi connectivity index (χ3n) is 5.00. The average Bonchev–Trinajstić information content (AvgIpc) is 3.50. The summed E-state index contributed by atoms with van der Waals surface area (Å²) < 4.78 is 12.9. The van der Waals surface area contributed by atoms with Gasteiger partial charge in [0.1, 0.15) is 24.7 Å². The minimum atomic E-state index is -0.205. The van der Waals surface area contributed by atoms with Crippen molar-refractivity contribution in [2.24, 2.45) is 0 Å². The summed E-state index contributed by atoms with van der Waals surface area (Å²) in [5, 5.41) is 12.4. The number of carbonyl (C=O) groups excluding carboxylic acids is 1. The Morgan fingerprint density at radius 2 is 1.90 bits per heavy atom. The Balaban J connectivity index is 1.37. The van der Waals surface area contributed by atoms with E-state index in [1.165, 1.54) is 11.8 Å². The van der Waals surface area contributed by atoms with Gasteiger partial charge in [-0.3, -0.25) is 9.69 Å². The van der Waals surface area contributed by atoms with Crippen molar-refractivity contribution < 1.29 is 13.9 Å². The molecule has 2 aromatic heterocycles. The van der Waals surface area contributed by atoms with Gasteiger partial charge in [0, 0.05) is 0 Å². The van der Waals surface area contributed by atoms with Crippen LogP contribution < -0.4 is 9.64 Å². The number of carbonyl (C=O) groups is 1. The molecule has 2 aromatic carbocycles. The highest BCUT2D eigenvalue weighted by atomic mass is 32.2. The summed E-state index contributed by atoms with van der Waals surface area (Å²) in [4.78, 5) is 15.2. The molecule has 0 saturated carbocycles. The molecule has 1 aliphatic heterocycles. The van der Waals surface area contributed by atoms with E-state index in [0.717, 1.165) is 17.0 Å². The van der Waals surface area contributed by atoms with Crippen molar-refractivity contribution in [3.63, 3.8) is 0 Å². The minimum absolute atomic E-state index is 0.0397. The van der Waals surface area contributed by atoms with Crippen molar-refractivity contribution in [3.8, 4) is 5.75 Å². The van der Waals surface area contributed by atoms with Crippen molar-refractivity contribution in [1.82, 2.24) is 20.2 Å². The van der Waals surface area contributed by atoms with E-state index < -0.39 is 0 Å². The standard InChI is InChI=1S/C22H19N5O3S/c28-21(15-31-22-23-24-25-26(22)13-17-9-6-12-29-17)27-18-10-4-5-11-20(18)30-14-19(27)16-7-2-1-3-8-16/h1-12,19H,13-15H2/t19-/m0/s1. The van der Waals surface area contributed by atoms with E-state index in [4.69, 9.17) is 9.15 Å². The van der Waals surface area contributed by atoms with Gasteiger partial charge in [-0.05, 0) is 40.3 Å². The second-order valence-electron chi connectivity index (χ2n) is 6.96. The summed E-state index contributed by atoms with van der Waals surface area (Å²) >= 11 is 1.30. The smallest absolute Gasteiger partial charge is 0.238 e. The number of anilines is 1. The quantitative estimate of drug-likeness (QED) is 0.430. The van der Waals surface area contributed by atoms with Crippen LogP contribution in [0.3, 0.4) is 0 Å². The number of rotatable bonds is 6. The summed E-state index contributed by atoms with van der Waals surface area (Å²) in [6.07, 6.45) is 1.61. The third-order valence-corrected chi connectivity index (χ3v) is 5.94. The van der Waals surface area contributed by atoms with E-state index in [1.54, 1.807) is 10.9 Å². The number of fused-ring (bicyclic) bond motifs is 1. The molecule has 1 atom stereocenters. The fourth-order valence-corrected chi connectivity index (χ4v) is 4.30. The maximum Gasteiger partial charge on any atom is 0.238 e. The van der Waals surface area contributed by atoms with Gasteiger partial charge in [-0.1, -0.05) is 54.2 Å². The molecular formula is C22H19N5O3S. The summed E-state index contributed by atoms with van der Waals surface area (Å²) in [5.74, 6) is 1.60. The van der Waals surface area contributed by atoms with E-state index in [-0.39, 0.29) is 17.7 Å². The summed E-state index contributed by atoms with van der Waals surface area (Å²) in [7, 11) is 0. The van der Waals surface area contributed by atoms with Crippen LogP contribution in [-0.4, -0.2) is 38.5 Å². The maximum atomic E-state index is 13.4. The SMILES string of the molecule is O=C(CSc1nnnn1Cc1ccco1)N1c2ccccc2OC[C@H]1c1ccccc1. The molecule has 0 spiro atoms. The van der Waals surface area contributed by atoms with Crippen LogP contribution in [0, 0.1) is 0 Å². The Bertz CT molecular complexity index is 1160. The van der Waals surface area contributed by atoms with Crippen LogP contribution in [0.25, 0.3) is 0 Å². The van der Waals surface area contributed by atoms with Gasteiger partial charge in [-0.2, -0.15) is 0 Å². The van der Waals surface area contributed by atoms with Crippen LogP contribution in [0.2, 0.25) is 0 Å². The molecule has 0 radical (unpaired) electrons. The molecule has 4 aromatic rings. The summed E-state index contributed by atoms with van der Waals surface area (Å²) in [6.45, 7) is 0.803. The Morgan fingerprint density at radius 3 is 2.74 bits per heavy atom. The molecule has 0 bridgehead atoms. The summed E-state index contributed by atoms with van der Waals surface area (Å²) in [6, 6.07) is 21.0. The zero-order valence-corrected chi connectivity index (χ0v) is 17.3. The third kappa shape index (κ3) is 4.04. The average molecular weight is 433 g/mol. The maximum absolute atomic E-state index is 13.4. The van der Waals surface area contributed by atoms with Gasteiger partial charge < -0.3 is 9.15 Å². The molecule has 8 nitrogen and oxygen atoms in total. The highest BCUT2D eigenvalue weighted by Gasteiger charge is 2.33. The molecule has 0 N–H and O–H groups in total. The van der Waals surface area contributed by atoms with Crippen LogP contribution in [-0.2, 0) is 11.3 Å². The first-order valence-electron chi connectivity index (χ1n) is 9.80. The van der Waals surface area contributed by atoms with Gasteiger partial charge in [-0.25, -0.2) is 4.68 Å². The fourth-order valence-electron chi connectivity index (χ4n) is 3.56. The zero-order valence-electron chi connectivity index (χ0n) is 16.5. The lowest BCUT2D eigenvalue weighted by Crippen LogP contribution is -2.42. The number of para-hydroxylation sites is 2. The van der Waals surface area contributed by atoms with E-state index in [2.05, 4.69) is 15.5 Å². The number of hydrogen-bond donors (Lipinski definition) is 0. The van der Waals surface area contributed by atoms with Crippen molar-refractivity contribution in [3.05, 3.63) is 84.3 Å². The van der Waals surface area contributed by atoms with Gasteiger partial charge in [0.05, 0.1) is 23.7 Å². The van der Waals surface area contributed by atoms with Crippen LogP contribution in [0.4, 0.5) is 5.69 Å². The number of furan rings is 1. The van der Waals surface area contributed by atoms with E-state index in [9.17, 15) is 4.79 Å². The molecule has 0 aliphatic carbocycles. The lowest BCUT2D eigenvalue weighted by atomic mass is 10.0. The highest BCUT2D eigenvalue weighted by Crippen LogP contribution is 2.39. The predicted octanol–water partition coefficient (Wildman–Crippen LogP) is 3.57. The van der Waals surface area contributed by atoms with Gasteiger partial charge >= 0.3 is 0 Å². The first kappa shape index (κ1) is 19.4. The first-order valence-corrected chi connectivity index (χ1v) is 10.8. The number of aromatic nitrogens is 4. The second-order valence-corrected chi connectivity index (χ2v) is 7.90. The number of ether oxygens (including phenoxy) is 1. The molecule has 0 fully saturated rings. The number of benzene rings is 2. The van der Waals surface area contributed by atoms with Crippen LogP contribution >= 0.6 is 11.8 Å². The molecule has 1 aliphatic rings. The molecule has 5 rings (SSSR count). The molecular weight excluding hydrogens is 414 g/mol. The highest BCUT2D eigenvalue weighted by molar-refractivity contribution is 7.99. The Kier molecular flexibility index (Phi) is 5.40. The molecule has 0 saturated heterocycles. The Labute approximate surface area is 182 Å². The molecule has 3 heterocycles. The molecule has 31 heavy (non-hydrogen) atoms.